The van der Waals surface area contributed by atoms with E-state index in [1.165, 1.54) is 30.3 Å². The van der Waals surface area contributed by atoms with Gasteiger partial charge in [0.2, 0.25) is 5.91 Å². The van der Waals surface area contributed by atoms with Gasteiger partial charge in [0.25, 0.3) is 5.91 Å². The Labute approximate surface area is 197 Å². The van der Waals surface area contributed by atoms with Crippen LogP contribution in [0.3, 0.4) is 0 Å². The van der Waals surface area contributed by atoms with Gasteiger partial charge in [0.15, 0.2) is 0 Å². The Morgan fingerprint density at radius 1 is 1.09 bits per heavy atom. The quantitative estimate of drug-likeness (QED) is 0.424. The first kappa shape index (κ1) is 23.7. The summed E-state index contributed by atoms with van der Waals surface area (Å²) >= 11 is 0. The van der Waals surface area contributed by atoms with Crippen molar-refractivity contribution in [2.24, 2.45) is 5.73 Å². The number of nitrogens with two attached hydrogens (primary N) is 1. The van der Waals surface area contributed by atoms with Crippen LogP contribution in [0, 0.1) is 13.8 Å². The molecule has 0 bridgehead atoms. The molecule has 2 aromatic carbocycles. The molecule has 0 spiro atoms. The average molecular weight is 483 g/mol. The van der Waals surface area contributed by atoms with Crippen LogP contribution in [0.2, 0.25) is 0 Å². The standard InChI is InChI=1S/C24H20F3N5O3/c1-13-21(14(2)32(31-13)12-15-7-9-16(10-8-15)35-24(25,26)27)30-23(34)20-11-18(22(28)33)17-5-3-4-6-19(17)29-20/h3-11H,12H2,1-2H3,(H2,28,33)(H,30,34). The summed E-state index contributed by atoms with van der Waals surface area (Å²) in [5.74, 6) is -1.54. The van der Waals surface area contributed by atoms with Gasteiger partial charge in [-0.25, -0.2) is 4.98 Å². The molecule has 2 aromatic heterocycles. The number of aryl methyl sites for hydroxylation is 1. The Kier molecular flexibility index (Phi) is 6.16. The van der Waals surface area contributed by atoms with E-state index in [2.05, 4.69) is 20.1 Å². The van der Waals surface area contributed by atoms with Crippen molar-refractivity contribution < 1.29 is 27.5 Å². The number of aromatic nitrogens is 3. The van der Waals surface area contributed by atoms with Gasteiger partial charge in [-0.1, -0.05) is 30.3 Å². The number of nitrogens with zero attached hydrogens (tertiary/aromatic N) is 3. The molecule has 0 aliphatic carbocycles. The first-order valence-corrected chi connectivity index (χ1v) is 10.4. The van der Waals surface area contributed by atoms with Crippen LogP contribution >= 0.6 is 0 Å². The Bertz CT molecular complexity index is 1430. The lowest BCUT2D eigenvalue weighted by molar-refractivity contribution is -0.274. The smallest absolute Gasteiger partial charge is 0.406 e. The summed E-state index contributed by atoms with van der Waals surface area (Å²) in [6, 6.07) is 13.6. The third kappa shape index (κ3) is 5.24. The van der Waals surface area contributed by atoms with Crippen LogP contribution in [0.15, 0.2) is 54.6 Å². The molecule has 0 fully saturated rings. The zero-order valence-electron chi connectivity index (χ0n) is 18.7. The minimum atomic E-state index is -4.76. The van der Waals surface area contributed by atoms with Crippen LogP contribution in [0.4, 0.5) is 18.9 Å². The van der Waals surface area contributed by atoms with Crippen molar-refractivity contribution in [1.82, 2.24) is 14.8 Å². The maximum Gasteiger partial charge on any atom is 0.573 e. The predicted octanol–water partition coefficient (Wildman–Crippen LogP) is 4.35. The van der Waals surface area contributed by atoms with Gasteiger partial charge < -0.3 is 15.8 Å². The second kappa shape index (κ2) is 9.09. The molecule has 11 heteroatoms. The van der Waals surface area contributed by atoms with Gasteiger partial charge in [-0.2, -0.15) is 5.10 Å². The van der Waals surface area contributed by atoms with Crippen LogP contribution in [0.25, 0.3) is 10.9 Å². The zero-order chi connectivity index (χ0) is 25.3. The predicted molar refractivity (Wildman–Crippen MR) is 122 cm³/mol. The highest BCUT2D eigenvalue weighted by molar-refractivity contribution is 6.10. The number of anilines is 1. The van der Waals surface area contributed by atoms with E-state index >= 15 is 0 Å². The highest BCUT2D eigenvalue weighted by atomic mass is 19.4. The van der Waals surface area contributed by atoms with Gasteiger partial charge in [-0.3, -0.25) is 14.3 Å². The fraction of sp³-hybridized carbons (Fsp3) is 0.167. The fourth-order valence-corrected chi connectivity index (χ4v) is 3.67. The van der Waals surface area contributed by atoms with Crippen molar-refractivity contribution in [1.29, 1.82) is 0 Å². The van der Waals surface area contributed by atoms with Crippen molar-refractivity contribution in [2.45, 2.75) is 26.8 Å². The molecule has 4 aromatic rings. The Hall–Kier alpha value is -4.41. The van der Waals surface area contributed by atoms with E-state index in [-0.39, 0.29) is 23.6 Å². The van der Waals surface area contributed by atoms with Gasteiger partial charge in [0.05, 0.1) is 34.7 Å². The average Bonchev–Trinajstić information content (AvgIpc) is 3.05. The topological polar surface area (TPSA) is 112 Å². The van der Waals surface area contributed by atoms with Gasteiger partial charge in [-0.15, -0.1) is 13.2 Å². The second-order valence-corrected chi connectivity index (χ2v) is 7.79. The Morgan fingerprint density at radius 3 is 2.43 bits per heavy atom. The lowest BCUT2D eigenvalue weighted by Crippen LogP contribution is -2.18. The van der Waals surface area contributed by atoms with Gasteiger partial charge in [-0.05, 0) is 43.7 Å². The molecule has 4 rings (SSSR count). The molecule has 8 nitrogen and oxygen atoms in total. The summed E-state index contributed by atoms with van der Waals surface area (Å²) in [7, 11) is 0. The number of carbonyl (C=O) groups excluding carboxylic acids is 2. The van der Waals surface area contributed by atoms with Gasteiger partial charge in [0.1, 0.15) is 11.4 Å². The van der Waals surface area contributed by atoms with Crippen LogP contribution in [0.5, 0.6) is 5.75 Å². The molecule has 0 atom stereocenters. The van der Waals surface area contributed by atoms with Crippen molar-refractivity contribution >= 4 is 28.4 Å². The molecule has 2 heterocycles. The molecule has 0 saturated heterocycles. The number of amides is 2. The maximum atomic E-state index is 13.0. The fourth-order valence-electron chi connectivity index (χ4n) is 3.67. The highest BCUT2D eigenvalue weighted by Gasteiger charge is 2.31. The van der Waals surface area contributed by atoms with Crippen molar-refractivity contribution in [3.05, 3.63) is 82.8 Å². The van der Waals surface area contributed by atoms with Crippen LogP contribution < -0.4 is 15.8 Å². The minimum Gasteiger partial charge on any atom is -0.406 e. The first-order valence-electron chi connectivity index (χ1n) is 10.4. The van der Waals surface area contributed by atoms with Crippen LogP contribution in [0.1, 0.15) is 37.8 Å². The van der Waals surface area contributed by atoms with E-state index in [1.807, 2.05) is 0 Å². The highest BCUT2D eigenvalue weighted by Crippen LogP contribution is 2.25. The van der Waals surface area contributed by atoms with E-state index < -0.39 is 18.2 Å². The number of benzene rings is 2. The molecule has 0 aliphatic rings. The van der Waals surface area contributed by atoms with Crippen LogP contribution in [-0.4, -0.2) is 32.9 Å². The van der Waals surface area contributed by atoms with Crippen molar-refractivity contribution in [3.63, 3.8) is 0 Å². The number of para-hydroxylation sites is 1. The number of rotatable bonds is 6. The molecular formula is C24H20F3N5O3. The number of hydrogen-bond donors (Lipinski definition) is 2. The number of primary amides is 1. The summed E-state index contributed by atoms with van der Waals surface area (Å²) in [5.41, 5.74) is 8.45. The lowest BCUT2D eigenvalue weighted by Gasteiger charge is -2.10. The molecule has 3 N–H and O–H groups in total. The maximum absolute atomic E-state index is 13.0. The molecule has 2 amide bonds. The summed E-state index contributed by atoms with van der Waals surface area (Å²) in [6.45, 7) is 3.72. The largest absolute Gasteiger partial charge is 0.573 e. The summed E-state index contributed by atoms with van der Waals surface area (Å²) in [5, 5.41) is 7.76. The molecular weight excluding hydrogens is 463 g/mol. The normalized spacial score (nSPS) is 11.5. The number of halogens is 3. The number of nitrogens with one attached hydrogen (secondary N) is 1. The second-order valence-electron chi connectivity index (χ2n) is 7.79. The summed E-state index contributed by atoms with van der Waals surface area (Å²) in [4.78, 5) is 29.2. The molecule has 0 radical (unpaired) electrons. The Balaban J connectivity index is 1.56. The van der Waals surface area contributed by atoms with E-state index in [1.54, 1.807) is 42.8 Å². The summed E-state index contributed by atoms with van der Waals surface area (Å²) < 4.78 is 42.6. The number of fused-ring (bicyclic) bond motifs is 1. The van der Waals surface area contributed by atoms with Crippen molar-refractivity contribution in [3.8, 4) is 5.75 Å². The molecule has 0 saturated carbocycles. The van der Waals surface area contributed by atoms with Crippen LogP contribution in [-0.2, 0) is 6.54 Å². The number of hydrogen-bond acceptors (Lipinski definition) is 5. The molecule has 180 valence electrons. The monoisotopic (exact) mass is 483 g/mol. The number of alkyl halides is 3. The molecule has 35 heavy (non-hydrogen) atoms. The first-order chi connectivity index (χ1) is 16.5. The van der Waals surface area contributed by atoms with E-state index in [0.29, 0.717) is 33.5 Å². The molecule has 0 unspecified atom stereocenters. The third-order valence-electron chi connectivity index (χ3n) is 5.32. The number of carbonyl (C=O) groups is 2. The third-order valence-corrected chi connectivity index (χ3v) is 5.32. The Morgan fingerprint density at radius 2 is 1.77 bits per heavy atom. The van der Waals surface area contributed by atoms with Crippen molar-refractivity contribution in [2.75, 3.05) is 5.32 Å². The number of ether oxygens (including phenoxy) is 1. The molecule has 0 aliphatic heterocycles. The minimum absolute atomic E-state index is 0.0179. The van der Waals surface area contributed by atoms with E-state index in [9.17, 15) is 22.8 Å². The number of pyridine rings is 1. The lowest BCUT2D eigenvalue weighted by atomic mass is 10.1. The van der Waals surface area contributed by atoms with Gasteiger partial charge in [0, 0.05) is 5.39 Å². The summed E-state index contributed by atoms with van der Waals surface area (Å²) in [6.07, 6.45) is -4.76. The zero-order valence-corrected chi connectivity index (χ0v) is 18.7. The van der Waals surface area contributed by atoms with E-state index in [4.69, 9.17) is 5.73 Å². The SMILES string of the molecule is Cc1nn(Cc2ccc(OC(F)(F)F)cc2)c(C)c1NC(=O)c1cc(C(N)=O)c2ccccc2n1. The van der Waals surface area contributed by atoms with Gasteiger partial charge >= 0.3 is 6.36 Å². The van der Waals surface area contributed by atoms with E-state index in [0.717, 1.165) is 0 Å².